The van der Waals surface area contributed by atoms with Crippen LogP contribution in [0.2, 0.25) is 0 Å². The summed E-state index contributed by atoms with van der Waals surface area (Å²) in [5.74, 6) is 0.547. The fourth-order valence-corrected chi connectivity index (χ4v) is 2.23. The van der Waals surface area contributed by atoms with Crippen molar-refractivity contribution in [2.45, 2.75) is 17.7 Å². The summed E-state index contributed by atoms with van der Waals surface area (Å²) >= 11 is 1.56. The van der Waals surface area contributed by atoms with Gasteiger partial charge in [-0.3, -0.25) is 4.79 Å². The molecule has 0 aliphatic heterocycles. The van der Waals surface area contributed by atoms with Crippen molar-refractivity contribution in [3.05, 3.63) is 30.1 Å². The predicted molar refractivity (Wildman–Crippen MR) is 73.3 cm³/mol. The summed E-state index contributed by atoms with van der Waals surface area (Å²) in [6, 6.07) is 6.32. The molecule has 0 spiro atoms. The summed E-state index contributed by atoms with van der Waals surface area (Å²) in [4.78, 5) is 12.4. The number of benzene rings is 1. The van der Waals surface area contributed by atoms with Crippen molar-refractivity contribution >= 4 is 17.7 Å². The first-order chi connectivity index (χ1) is 8.72. The first-order valence-electron chi connectivity index (χ1n) is 6.02. The monoisotopic (exact) mass is 270 g/mol. The number of hydrogen-bond acceptors (Lipinski definition) is 3. The van der Waals surface area contributed by atoms with Gasteiger partial charge in [0.15, 0.2) is 0 Å². The molecule has 0 saturated carbocycles. The molecule has 18 heavy (non-hydrogen) atoms. The van der Waals surface area contributed by atoms with Crippen molar-refractivity contribution in [2.24, 2.45) is 0 Å². The van der Waals surface area contributed by atoms with Crippen LogP contribution < -0.4 is 10.6 Å². The van der Waals surface area contributed by atoms with E-state index in [1.54, 1.807) is 23.9 Å². The fraction of sp³-hybridized carbons (Fsp3) is 0.462. The van der Waals surface area contributed by atoms with Crippen LogP contribution in [0.3, 0.4) is 0 Å². The Bertz CT molecular complexity index is 357. The molecule has 0 aliphatic rings. The minimum atomic E-state index is -0.235. The lowest BCUT2D eigenvalue weighted by Crippen LogP contribution is -2.26. The molecule has 2 N–H and O–H groups in total. The Balaban J connectivity index is 2.10. The van der Waals surface area contributed by atoms with Gasteiger partial charge in [-0.25, -0.2) is 4.39 Å². The van der Waals surface area contributed by atoms with Gasteiger partial charge in [0.25, 0.3) is 0 Å². The molecular formula is C13H19FN2OS. The number of nitrogens with one attached hydrogen (secondary N) is 2. The van der Waals surface area contributed by atoms with Crippen LogP contribution >= 0.6 is 11.8 Å². The van der Waals surface area contributed by atoms with Crippen LogP contribution in [0.5, 0.6) is 0 Å². The van der Waals surface area contributed by atoms with Crippen molar-refractivity contribution in [3.8, 4) is 0 Å². The maximum absolute atomic E-state index is 12.7. The molecule has 1 amide bonds. The number of amides is 1. The summed E-state index contributed by atoms with van der Waals surface area (Å²) in [5.41, 5.74) is 0. The highest BCUT2D eigenvalue weighted by Crippen LogP contribution is 2.18. The van der Waals surface area contributed by atoms with Crippen molar-refractivity contribution < 1.29 is 9.18 Å². The van der Waals surface area contributed by atoms with E-state index in [1.165, 1.54) is 12.1 Å². The Morgan fingerprint density at radius 1 is 1.28 bits per heavy atom. The van der Waals surface area contributed by atoms with Crippen molar-refractivity contribution in [2.75, 3.05) is 25.9 Å². The second-order valence-corrected chi connectivity index (χ2v) is 5.03. The highest BCUT2D eigenvalue weighted by atomic mass is 32.2. The first kappa shape index (κ1) is 15.0. The van der Waals surface area contributed by atoms with E-state index in [9.17, 15) is 9.18 Å². The largest absolute Gasteiger partial charge is 0.356 e. The molecular weight excluding hydrogens is 251 g/mol. The summed E-state index contributed by atoms with van der Waals surface area (Å²) in [6.45, 7) is 1.62. The second kappa shape index (κ2) is 8.94. The zero-order chi connectivity index (χ0) is 13.2. The smallest absolute Gasteiger partial charge is 0.220 e. The summed E-state index contributed by atoms with van der Waals surface area (Å²) in [6.07, 6.45) is 1.43. The maximum Gasteiger partial charge on any atom is 0.220 e. The molecule has 0 atom stereocenters. The van der Waals surface area contributed by atoms with Gasteiger partial charge < -0.3 is 10.6 Å². The molecule has 0 aliphatic carbocycles. The molecule has 0 bridgehead atoms. The molecule has 5 heteroatoms. The van der Waals surface area contributed by atoms with Gasteiger partial charge in [0.1, 0.15) is 5.82 Å². The molecule has 1 rings (SSSR count). The zero-order valence-electron chi connectivity index (χ0n) is 10.5. The van der Waals surface area contributed by atoms with E-state index in [0.717, 1.165) is 17.9 Å². The van der Waals surface area contributed by atoms with Crippen LogP contribution in [0.1, 0.15) is 12.8 Å². The Kier molecular flexibility index (Phi) is 7.44. The molecule has 1 aromatic rings. The van der Waals surface area contributed by atoms with Crippen LogP contribution in [-0.2, 0) is 4.79 Å². The molecule has 0 saturated heterocycles. The van der Waals surface area contributed by atoms with Gasteiger partial charge >= 0.3 is 0 Å². The van der Waals surface area contributed by atoms with Crippen molar-refractivity contribution in [1.29, 1.82) is 0 Å². The highest BCUT2D eigenvalue weighted by molar-refractivity contribution is 7.99. The van der Waals surface area contributed by atoms with Gasteiger partial charge in [0.2, 0.25) is 5.91 Å². The lowest BCUT2D eigenvalue weighted by Gasteiger charge is -2.05. The minimum absolute atomic E-state index is 0.0701. The van der Waals surface area contributed by atoms with Gasteiger partial charge in [-0.05, 0) is 44.3 Å². The SMILES string of the molecule is CNCCCNC(=O)CCSc1ccc(F)cc1. The number of carbonyl (C=O) groups is 1. The minimum Gasteiger partial charge on any atom is -0.356 e. The van der Waals surface area contributed by atoms with E-state index in [1.807, 2.05) is 7.05 Å². The van der Waals surface area contributed by atoms with E-state index in [-0.39, 0.29) is 11.7 Å². The fourth-order valence-electron chi connectivity index (χ4n) is 1.37. The Labute approximate surface area is 112 Å². The van der Waals surface area contributed by atoms with E-state index < -0.39 is 0 Å². The van der Waals surface area contributed by atoms with E-state index in [2.05, 4.69) is 10.6 Å². The van der Waals surface area contributed by atoms with Crippen LogP contribution in [0.15, 0.2) is 29.2 Å². The molecule has 1 aromatic carbocycles. The third kappa shape index (κ3) is 6.61. The average Bonchev–Trinajstić information content (AvgIpc) is 2.37. The van der Waals surface area contributed by atoms with Crippen LogP contribution in [0.25, 0.3) is 0 Å². The number of rotatable bonds is 8. The normalized spacial score (nSPS) is 10.3. The zero-order valence-corrected chi connectivity index (χ0v) is 11.4. The summed E-state index contributed by atoms with van der Waals surface area (Å²) < 4.78 is 12.7. The average molecular weight is 270 g/mol. The van der Waals surface area contributed by atoms with Crippen LogP contribution in [0, 0.1) is 5.82 Å². The highest BCUT2D eigenvalue weighted by Gasteiger charge is 2.01. The summed E-state index contributed by atoms with van der Waals surface area (Å²) in [5, 5.41) is 5.89. The third-order valence-electron chi connectivity index (χ3n) is 2.34. The maximum atomic E-state index is 12.7. The lowest BCUT2D eigenvalue weighted by molar-refractivity contribution is -0.120. The van der Waals surface area contributed by atoms with E-state index in [4.69, 9.17) is 0 Å². The van der Waals surface area contributed by atoms with Crippen molar-refractivity contribution in [3.63, 3.8) is 0 Å². The standard InChI is InChI=1S/C13H19FN2OS/c1-15-8-2-9-16-13(17)7-10-18-12-5-3-11(14)4-6-12/h3-6,15H,2,7-10H2,1H3,(H,16,17). The van der Waals surface area contributed by atoms with Gasteiger partial charge in [-0.1, -0.05) is 0 Å². The van der Waals surface area contributed by atoms with Gasteiger partial charge in [-0.2, -0.15) is 0 Å². The molecule has 0 heterocycles. The van der Waals surface area contributed by atoms with Gasteiger partial charge in [-0.15, -0.1) is 11.8 Å². The second-order valence-electron chi connectivity index (χ2n) is 3.86. The van der Waals surface area contributed by atoms with Crippen LogP contribution in [-0.4, -0.2) is 31.8 Å². The van der Waals surface area contributed by atoms with Crippen molar-refractivity contribution in [1.82, 2.24) is 10.6 Å². The lowest BCUT2D eigenvalue weighted by atomic mass is 10.3. The molecule has 0 radical (unpaired) electrons. The quantitative estimate of drug-likeness (QED) is 0.561. The van der Waals surface area contributed by atoms with E-state index in [0.29, 0.717) is 18.7 Å². The summed E-state index contributed by atoms with van der Waals surface area (Å²) in [7, 11) is 1.89. The Morgan fingerprint density at radius 2 is 2.00 bits per heavy atom. The molecule has 0 unspecified atom stereocenters. The Morgan fingerprint density at radius 3 is 2.67 bits per heavy atom. The number of carbonyl (C=O) groups excluding carboxylic acids is 1. The number of thioether (sulfide) groups is 1. The number of hydrogen-bond donors (Lipinski definition) is 2. The van der Waals surface area contributed by atoms with Crippen LogP contribution in [0.4, 0.5) is 4.39 Å². The topological polar surface area (TPSA) is 41.1 Å². The first-order valence-corrected chi connectivity index (χ1v) is 7.00. The van der Waals surface area contributed by atoms with Gasteiger partial charge in [0, 0.05) is 23.6 Å². The molecule has 0 fully saturated rings. The molecule has 0 aromatic heterocycles. The number of halogens is 1. The van der Waals surface area contributed by atoms with E-state index >= 15 is 0 Å². The molecule has 3 nitrogen and oxygen atoms in total. The van der Waals surface area contributed by atoms with Gasteiger partial charge in [0.05, 0.1) is 0 Å². The Hall–Kier alpha value is -1.07. The third-order valence-corrected chi connectivity index (χ3v) is 3.35. The molecule has 100 valence electrons. The predicted octanol–water partition coefficient (Wildman–Crippen LogP) is 2.03.